The SMILES string of the molecule is CC(=O)N(CCC(=O)NCCc1ccc(F)cc1)c1c(C)cc(C)cc1C. The number of hydrogen-bond donors (Lipinski definition) is 1. The Hall–Kier alpha value is -2.69. The number of carbonyl (C=O) groups is 2. The van der Waals surface area contributed by atoms with Crippen LogP contribution in [0.25, 0.3) is 0 Å². The molecular weight excluding hydrogens is 343 g/mol. The number of rotatable bonds is 7. The molecule has 0 aliphatic rings. The molecule has 2 amide bonds. The smallest absolute Gasteiger partial charge is 0.223 e. The van der Waals surface area contributed by atoms with E-state index in [-0.39, 0.29) is 24.1 Å². The van der Waals surface area contributed by atoms with Gasteiger partial charge in [0.15, 0.2) is 0 Å². The molecule has 0 spiro atoms. The van der Waals surface area contributed by atoms with Gasteiger partial charge in [-0.25, -0.2) is 4.39 Å². The molecule has 0 unspecified atom stereocenters. The van der Waals surface area contributed by atoms with Crippen molar-refractivity contribution in [2.75, 3.05) is 18.0 Å². The zero-order valence-electron chi connectivity index (χ0n) is 16.4. The van der Waals surface area contributed by atoms with Gasteiger partial charge in [0.2, 0.25) is 11.8 Å². The molecule has 1 N–H and O–H groups in total. The fraction of sp³-hybridized carbons (Fsp3) is 0.364. The molecule has 0 aliphatic carbocycles. The normalized spacial score (nSPS) is 10.6. The quantitative estimate of drug-likeness (QED) is 0.805. The van der Waals surface area contributed by atoms with Crippen molar-refractivity contribution in [1.82, 2.24) is 5.32 Å². The van der Waals surface area contributed by atoms with Gasteiger partial charge >= 0.3 is 0 Å². The van der Waals surface area contributed by atoms with Crippen molar-refractivity contribution in [3.8, 4) is 0 Å². The van der Waals surface area contributed by atoms with Crippen LogP contribution in [0.15, 0.2) is 36.4 Å². The van der Waals surface area contributed by atoms with Gasteiger partial charge in [-0.05, 0) is 56.0 Å². The highest BCUT2D eigenvalue weighted by Crippen LogP contribution is 2.26. The Morgan fingerprint density at radius 1 is 1.04 bits per heavy atom. The van der Waals surface area contributed by atoms with Crippen molar-refractivity contribution < 1.29 is 14.0 Å². The van der Waals surface area contributed by atoms with E-state index in [9.17, 15) is 14.0 Å². The second-order valence-corrected chi connectivity index (χ2v) is 6.89. The summed E-state index contributed by atoms with van der Waals surface area (Å²) in [5.74, 6) is -0.455. The van der Waals surface area contributed by atoms with Crippen LogP contribution in [0.5, 0.6) is 0 Å². The molecule has 0 saturated carbocycles. The highest BCUT2D eigenvalue weighted by molar-refractivity contribution is 5.94. The Morgan fingerprint density at radius 3 is 2.19 bits per heavy atom. The van der Waals surface area contributed by atoms with Gasteiger partial charge in [-0.3, -0.25) is 9.59 Å². The van der Waals surface area contributed by atoms with Crippen LogP contribution in [0.1, 0.15) is 35.6 Å². The topological polar surface area (TPSA) is 49.4 Å². The molecule has 0 radical (unpaired) electrons. The van der Waals surface area contributed by atoms with Gasteiger partial charge in [0, 0.05) is 32.1 Å². The van der Waals surface area contributed by atoms with Gasteiger partial charge < -0.3 is 10.2 Å². The average molecular weight is 370 g/mol. The second-order valence-electron chi connectivity index (χ2n) is 6.89. The molecule has 2 rings (SSSR count). The lowest BCUT2D eigenvalue weighted by Gasteiger charge is -2.25. The standard InChI is InChI=1S/C22H27FN2O2/c1-15-13-16(2)22(17(3)14-15)25(18(4)26)12-10-21(27)24-11-9-19-5-7-20(23)8-6-19/h5-8,13-14H,9-12H2,1-4H3,(H,24,27). The lowest BCUT2D eigenvalue weighted by molar-refractivity contribution is -0.121. The number of nitrogens with one attached hydrogen (secondary N) is 1. The number of nitrogens with zero attached hydrogens (tertiary/aromatic N) is 1. The van der Waals surface area contributed by atoms with E-state index in [1.807, 2.05) is 32.9 Å². The van der Waals surface area contributed by atoms with Gasteiger partial charge in [-0.1, -0.05) is 29.8 Å². The third kappa shape index (κ3) is 5.91. The number of aryl methyl sites for hydroxylation is 3. The summed E-state index contributed by atoms with van der Waals surface area (Å²) in [5.41, 5.74) is 5.05. The molecule has 0 atom stereocenters. The largest absolute Gasteiger partial charge is 0.356 e. The monoisotopic (exact) mass is 370 g/mol. The van der Waals surface area contributed by atoms with Crippen LogP contribution < -0.4 is 10.2 Å². The minimum Gasteiger partial charge on any atom is -0.356 e. The van der Waals surface area contributed by atoms with Gasteiger partial charge in [-0.2, -0.15) is 0 Å². The second kappa shape index (κ2) is 9.31. The van der Waals surface area contributed by atoms with Gasteiger partial charge in [0.1, 0.15) is 5.82 Å². The molecule has 0 heterocycles. The van der Waals surface area contributed by atoms with E-state index < -0.39 is 0 Å². The predicted molar refractivity (Wildman–Crippen MR) is 106 cm³/mol. The summed E-state index contributed by atoms with van der Waals surface area (Å²) in [5, 5.41) is 2.86. The molecule has 2 aromatic rings. The fourth-order valence-corrected chi connectivity index (χ4v) is 3.32. The Balaban J connectivity index is 1.91. The van der Waals surface area contributed by atoms with Crippen molar-refractivity contribution in [3.63, 3.8) is 0 Å². The average Bonchev–Trinajstić information content (AvgIpc) is 2.58. The van der Waals surface area contributed by atoms with Gasteiger partial charge in [-0.15, -0.1) is 0 Å². The molecule has 4 nitrogen and oxygen atoms in total. The maximum absolute atomic E-state index is 12.9. The van der Waals surface area contributed by atoms with Crippen LogP contribution in [0.4, 0.5) is 10.1 Å². The zero-order valence-corrected chi connectivity index (χ0v) is 16.4. The predicted octanol–water partition coefficient (Wildman–Crippen LogP) is 3.85. The fourth-order valence-electron chi connectivity index (χ4n) is 3.32. The first kappa shape index (κ1) is 20.6. The van der Waals surface area contributed by atoms with Crippen molar-refractivity contribution >= 4 is 17.5 Å². The first-order valence-electron chi connectivity index (χ1n) is 9.15. The highest BCUT2D eigenvalue weighted by atomic mass is 19.1. The number of carbonyl (C=O) groups excluding carboxylic acids is 2. The Morgan fingerprint density at radius 2 is 1.63 bits per heavy atom. The van der Waals surface area contributed by atoms with E-state index in [1.165, 1.54) is 19.1 Å². The van der Waals surface area contributed by atoms with Crippen LogP contribution in [0.3, 0.4) is 0 Å². The van der Waals surface area contributed by atoms with E-state index in [0.717, 1.165) is 27.9 Å². The van der Waals surface area contributed by atoms with Crippen LogP contribution in [0.2, 0.25) is 0 Å². The number of halogens is 1. The first-order chi connectivity index (χ1) is 12.8. The number of hydrogen-bond acceptors (Lipinski definition) is 2. The zero-order chi connectivity index (χ0) is 20.0. The molecule has 0 bridgehead atoms. The summed E-state index contributed by atoms with van der Waals surface area (Å²) in [6.07, 6.45) is 0.869. The Bertz CT molecular complexity index is 793. The minimum atomic E-state index is -0.270. The minimum absolute atomic E-state index is 0.0795. The van der Waals surface area contributed by atoms with Crippen molar-refractivity contribution in [2.24, 2.45) is 0 Å². The molecule has 0 saturated heterocycles. The maximum atomic E-state index is 12.9. The molecule has 144 valence electrons. The molecule has 27 heavy (non-hydrogen) atoms. The summed E-state index contributed by atoms with van der Waals surface area (Å²) in [6.45, 7) is 8.32. The van der Waals surface area contributed by atoms with Crippen LogP contribution in [0, 0.1) is 26.6 Å². The summed E-state index contributed by atoms with van der Waals surface area (Å²) in [4.78, 5) is 26.0. The third-order valence-corrected chi connectivity index (χ3v) is 4.50. The maximum Gasteiger partial charge on any atom is 0.223 e. The van der Waals surface area contributed by atoms with E-state index in [2.05, 4.69) is 5.32 Å². The Labute approximate surface area is 160 Å². The molecule has 2 aromatic carbocycles. The highest BCUT2D eigenvalue weighted by Gasteiger charge is 2.17. The van der Waals surface area contributed by atoms with Crippen LogP contribution in [-0.4, -0.2) is 24.9 Å². The lowest BCUT2D eigenvalue weighted by atomic mass is 10.0. The van der Waals surface area contributed by atoms with E-state index in [1.54, 1.807) is 17.0 Å². The first-order valence-corrected chi connectivity index (χ1v) is 9.15. The summed E-state index contributed by atoms with van der Waals surface area (Å²) >= 11 is 0. The van der Waals surface area contributed by atoms with Gasteiger partial charge in [0.25, 0.3) is 0 Å². The third-order valence-electron chi connectivity index (χ3n) is 4.50. The number of amides is 2. The molecule has 5 heteroatoms. The summed E-state index contributed by atoms with van der Waals surface area (Å²) < 4.78 is 12.9. The number of benzene rings is 2. The molecule has 0 aliphatic heterocycles. The van der Waals surface area contributed by atoms with Crippen molar-refractivity contribution in [1.29, 1.82) is 0 Å². The van der Waals surface area contributed by atoms with Crippen LogP contribution >= 0.6 is 0 Å². The van der Waals surface area contributed by atoms with E-state index >= 15 is 0 Å². The molecule has 0 aromatic heterocycles. The van der Waals surface area contributed by atoms with E-state index in [0.29, 0.717) is 19.5 Å². The van der Waals surface area contributed by atoms with Crippen LogP contribution in [-0.2, 0) is 16.0 Å². The lowest BCUT2D eigenvalue weighted by Crippen LogP contribution is -2.35. The number of anilines is 1. The Kier molecular flexibility index (Phi) is 7.11. The summed E-state index contributed by atoms with van der Waals surface area (Å²) in [7, 11) is 0. The van der Waals surface area contributed by atoms with Crippen molar-refractivity contribution in [2.45, 2.75) is 40.5 Å². The van der Waals surface area contributed by atoms with Crippen molar-refractivity contribution in [3.05, 3.63) is 64.5 Å². The van der Waals surface area contributed by atoms with E-state index in [4.69, 9.17) is 0 Å². The summed E-state index contributed by atoms with van der Waals surface area (Å²) in [6, 6.07) is 10.3. The molecule has 0 fully saturated rings. The molecular formula is C22H27FN2O2. The van der Waals surface area contributed by atoms with Gasteiger partial charge in [0.05, 0.1) is 0 Å².